The van der Waals surface area contributed by atoms with Crippen molar-refractivity contribution in [1.82, 2.24) is 19.9 Å². The van der Waals surface area contributed by atoms with Crippen molar-refractivity contribution in [1.29, 1.82) is 5.26 Å². The largest absolute Gasteiger partial charge is 0.383 e. The number of rotatable bonds is 7. The number of carbonyl (C=O) groups excluding carboxylic acids is 1. The Kier molecular flexibility index (Phi) is 5.76. The molecule has 27 heavy (non-hydrogen) atoms. The van der Waals surface area contributed by atoms with E-state index in [4.69, 9.17) is 4.74 Å². The van der Waals surface area contributed by atoms with Crippen molar-refractivity contribution < 1.29 is 9.53 Å². The summed E-state index contributed by atoms with van der Waals surface area (Å²) < 4.78 is 6.59. The van der Waals surface area contributed by atoms with E-state index < -0.39 is 0 Å². The maximum Gasteiger partial charge on any atom is 0.238 e. The molecule has 0 aliphatic rings. The minimum Gasteiger partial charge on any atom is -0.383 e. The lowest BCUT2D eigenvalue weighted by atomic mass is 10.2. The topological polar surface area (TPSA) is 105 Å². The number of hydrogen-bond acceptors (Lipinski definition) is 6. The van der Waals surface area contributed by atoms with Gasteiger partial charge in [-0.05, 0) is 0 Å². The molecule has 2 N–H and O–H groups in total. The quantitative estimate of drug-likeness (QED) is 0.618. The molecule has 0 unspecified atom stereocenters. The highest BCUT2D eigenvalue weighted by Crippen LogP contribution is 2.29. The molecule has 0 spiro atoms. The third kappa shape index (κ3) is 3.95. The Morgan fingerprint density at radius 3 is 2.81 bits per heavy atom. The average Bonchev–Trinajstić information content (AvgIpc) is 2.96. The van der Waals surface area contributed by atoms with Crippen molar-refractivity contribution >= 4 is 22.6 Å². The zero-order valence-electron chi connectivity index (χ0n) is 15.2. The lowest BCUT2D eigenvalue weighted by Crippen LogP contribution is -2.30. The minimum absolute atomic E-state index is 0.119. The van der Waals surface area contributed by atoms with Crippen LogP contribution in [0.5, 0.6) is 0 Å². The average molecular weight is 364 g/mol. The van der Waals surface area contributed by atoms with Crippen LogP contribution < -0.4 is 10.6 Å². The SMILES string of the molecule is COCCNCC(=O)Nc1c(C#N)n(C)c2nc(-c3ccccc3)ncc12. The van der Waals surface area contributed by atoms with Crippen LogP contribution in [-0.4, -0.2) is 47.2 Å². The summed E-state index contributed by atoms with van der Waals surface area (Å²) in [5.41, 5.74) is 2.22. The monoisotopic (exact) mass is 364 g/mol. The second kappa shape index (κ2) is 8.40. The summed E-state index contributed by atoms with van der Waals surface area (Å²) in [7, 11) is 3.34. The smallest absolute Gasteiger partial charge is 0.238 e. The van der Waals surface area contributed by atoms with Gasteiger partial charge < -0.3 is 19.9 Å². The van der Waals surface area contributed by atoms with Crippen LogP contribution in [-0.2, 0) is 16.6 Å². The molecule has 0 aliphatic heterocycles. The van der Waals surface area contributed by atoms with E-state index >= 15 is 0 Å². The van der Waals surface area contributed by atoms with Crippen LogP contribution >= 0.6 is 0 Å². The number of carbonyl (C=O) groups is 1. The second-order valence-electron chi connectivity index (χ2n) is 5.91. The number of anilines is 1. The molecule has 8 nitrogen and oxygen atoms in total. The standard InChI is InChI=1S/C19H20N6O2/c1-25-15(10-20)17(23-16(26)12-21-8-9-27-2)14-11-22-18(24-19(14)25)13-6-4-3-5-7-13/h3-7,11,21H,8-9,12H2,1-2H3,(H,23,26). The highest BCUT2D eigenvalue weighted by Gasteiger charge is 2.19. The van der Waals surface area contributed by atoms with Crippen molar-refractivity contribution in [3.63, 3.8) is 0 Å². The second-order valence-corrected chi connectivity index (χ2v) is 5.91. The van der Waals surface area contributed by atoms with Gasteiger partial charge in [0, 0.05) is 32.5 Å². The highest BCUT2D eigenvalue weighted by atomic mass is 16.5. The van der Waals surface area contributed by atoms with E-state index in [0.29, 0.717) is 41.4 Å². The molecule has 1 amide bonds. The van der Waals surface area contributed by atoms with Crippen molar-refractivity contribution in [3.8, 4) is 17.5 Å². The van der Waals surface area contributed by atoms with Crippen LogP contribution in [0.15, 0.2) is 36.5 Å². The molecule has 1 aromatic carbocycles. The summed E-state index contributed by atoms with van der Waals surface area (Å²) in [6.45, 7) is 1.20. The first kappa shape index (κ1) is 18.5. The summed E-state index contributed by atoms with van der Waals surface area (Å²) in [5, 5.41) is 15.9. The van der Waals surface area contributed by atoms with Gasteiger partial charge in [0.05, 0.1) is 24.2 Å². The molecule has 2 aromatic heterocycles. The van der Waals surface area contributed by atoms with Gasteiger partial charge in [-0.15, -0.1) is 0 Å². The van der Waals surface area contributed by atoms with Crippen LogP contribution in [0.4, 0.5) is 5.69 Å². The normalized spacial score (nSPS) is 10.7. The summed E-state index contributed by atoms with van der Waals surface area (Å²) >= 11 is 0. The number of methoxy groups -OCH3 is 1. The molecule has 3 rings (SSSR count). The minimum atomic E-state index is -0.248. The van der Waals surface area contributed by atoms with Gasteiger partial charge in [-0.1, -0.05) is 30.3 Å². The number of ether oxygens (including phenoxy) is 1. The van der Waals surface area contributed by atoms with Crippen molar-refractivity contribution in [2.75, 3.05) is 32.1 Å². The maximum absolute atomic E-state index is 12.2. The number of aryl methyl sites for hydroxylation is 1. The molecular formula is C19H20N6O2. The van der Waals surface area contributed by atoms with Crippen LogP contribution in [0.25, 0.3) is 22.4 Å². The first-order chi connectivity index (χ1) is 13.2. The fraction of sp³-hybridized carbons (Fsp3) is 0.263. The number of fused-ring (bicyclic) bond motifs is 1. The molecule has 0 bridgehead atoms. The van der Waals surface area contributed by atoms with E-state index in [0.717, 1.165) is 5.56 Å². The Morgan fingerprint density at radius 2 is 2.11 bits per heavy atom. The summed E-state index contributed by atoms with van der Waals surface area (Å²) in [5.74, 6) is 0.314. The predicted octanol–water partition coefficient (Wildman–Crippen LogP) is 1.68. The van der Waals surface area contributed by atoms with Crippen molar-refractivity contribution in [2.45, 2.75) is 0 Å². The Morgan fingerprint density at radius 1 is 1.33 bits per heavy atom. The van der Waals surface area contributed by atoms with Gasteiger partial charge in [0.25, 0.3) is 0 Å². The number of nitrogens with one attached hydrogen (secondary N) is 2. The van der Waals surface area contributed by atoms with Crippen LogP contribution in [0.3, 0.4) is 0 Å². The van der Waals surface area contributed by atoms with Gasteiger partial charge in [0.1, 0.15) is 17.4 Å². The Labute approximate surface area is 156 Å². The van der Waals surface area contributed by atoms with E-state index in [-0.39, 0.29) is 12.5 Å². The van der Waals surface area contributed by atoms with E-state index in [9.17, 15) is 10.1 Å². The molecule has 138 valence electrons. The zero-order valence-corrected chi connectivity index (χ0v) is 15.2. The number of aromatic nitrogens is 3. The molecule has 2 heterocycles. The molecule has 3 aromatic rings. The van der Waals surface area contributed by atoms with E-state index in [1.807, 2.05) is 30.3 Å². The first-order valence-electron chi connectivity index (χ1n) is 8.46. The first-order valence-corrected chi connectivity index (χ1v) is 8.46. The molecule has 0 atom stereocenters. The Balaban J connectivity index is 1.91. The van der Waals surface area contributed by atoms with Crippen LogP contribution in [0.2, 0.25) is 0 Å². The maximum atomic E-state index is 12.2. The van der Waals surface area contributed by atoms with Crippen molar-refractivity contribution in [2.24, 2.45) is 7.05 Å². The number of amides is 1. The van der Waals surface area contributed by atoms with E-state index in [1.165, 1.54) is 0 Å². The van der Waals surface area contributed by atoms with Gasteiger partial charge in [-0.3, -0.25) is 4.79 Å². The van der Waals surface area contributed by atoms with E-state index in [1.54, 1.807) is 24.9 Å². The summed E-state index contributed by atoms with van der Waals surface area (Å²) in [6.07, 6.45) is 1.64. The number of nitriles is 1. The van der Waals surface area contributed by atoms with Gasteiger partial charge in [0.15, 0.2) is 5.82 Å². The summed E-state index contributed by atoms with van der Waals surface area (Å²) in [4.78, 5) is 21.2. The molecule has 0 fully saturated rings. The number of benzene rings is 1. The van der Waals surface area contributed by atoms with Gasteiger partial charge in [-0.25, -0.2) is 9.97 Å². The van der Waals surface area contributed by atoms with Crippen molar-refractivity contribution in [3.05, 3.63) is 42.2 Å². The summed E-state index contributed by atoms with van der Waals surface area (Å²) in [6, 6.07) is 11.7. The van der Waals surface area contributed by atoms with E-state index in [2.05, 4.69) is 26.7 Å². The lowest BCUT2D eigenvalue weighted by molar-refractivity contribution is -0.115. The lowest BCUT2D eigenvalue weighted by Gasteiger charge is -2.06. The van der Waals surface area contributed by atoms with Gasteiger partial charge >= 0.3 is 0 Å². The fourth-order valence-electron chi connectivity index (χ4n) is 2.75. The Hall–Kier alpha value is -3.28. The molecule has 0 saturated carbocycles. The molecule has 0 radical (unpaired) electrons. The molecular weight excluding hydrogens is 344 g/mol. The molecule has 8 heteroatoms. The third-order valence-corrected chi connectivity index (χ3v) is 4.10. The Bertz CT molecular complexity index is 991. The number of nitrogens with zero attached hydrogens (tertiary/aromatic N) is 4. The molecule has 0 aliphatic carbocycles. The van der Waals surface area contributed by atoms with Gasteiger partial charge in [-0.2, -0.15) is 5.26 Å². The van der Waals surface area contributed by atoms with Crippen LogP contribution in [0.1, 0.15) is 5.69 Å². The van der Waals surface area contributed by atoms with Crippen LogP contribution in [0, 0.1) is 11.3 Å². The third-order valence-electron chi connectivity index (χ3n) is 4.10. The fourth-order valence-corrected chi connectivity index (χ4v) is 2.75. The van der Waals surface area contributed by atoms with Gasteiger partial charge in [0.2, 0.25) is 5.91 Å². The number of hydrogen-bond donors (Lipinski definition) is 2. The zero-order chi connectivity index (χ0) is 19.2. The highest BCUT2D eigenvalue weighted by molar-refractivity contribution is 6.04. The predicted molar refractivity (Wildman–Crippen MR) is 102 cm³/mol. The molecule has 0 saturated heterocycles.